The first-order chi connectivity index (χ1) is 15.9. The third-order valence-corrected chi connectivity index (χ3v) is 5.42. The van der Waals surface area contributed by atoms with E-state index in [2.05, 4.69) is 6.92 Å². The smallest absolute Gasteiger partial charge is 0.383 e. The van der Waals surface area contributed by atoms with Crippen molar-refractivity contribution < 1.29 is 44.2 Å². The molecule has 0 saturated carbocycles. The van der Waals surface area contributed by atoms with Crippen LogP contribution in [-0.2, 0) is 4.74 Å². The van der Waals surface area contributed by atoms with E-state index in [1.165, 1.54) is 24.5 Å². The Hall–Kier alpha value is -2.63. The summed E-state index contributed by atoms with van der Waals surface area (Å²) < 4.78 is 21.3. The summed E-state index contributed by atoms with van der Waals surface area (Å²) in [5.74, 6) is -0.638. The minimum Gasteiger partial charge on any atom is -0.504 e. The topological polar surface area (TPSA) is 159 Å². The van der Waals surface area contributed by atoms with Gasteiger partial charge >= 0.3 is 5.63 Å². The van der Waals surface area contributed by atoms with Crippen LogP contribution in [0.15, 0.2) is 39.7 Å². The van der Waals surface area contributed by atoms with Gasteiger partial charge in [-0.05, 0) is 31.1 Å². The average molecular weight is 466 g/mol. The maximum Gasteiger partial charge on any atom is 0.383 e. The van der Waals surface area contributed by atoms with E-state index in [1.807, 2.05) is 0 Å². The van der Waals surface area contributed by atoms with Crippen molar-refractivity contribution in [3.05, 3.63) is 41.0 Å². The number of allylic oxidation sites excluding steroid dienone is 1. The van der Waals surface area contributed by atoms with Crippen LogP contribution in [0.5, 0.6) is 17.2 Å². The highest BCUT2D eigenvalue weighted by molar-refractivity contribution is 5.86. The monoisotopic (exact) mass is 466 g/mol. The Bertz CT molecular complexity index is 999. The molecule has 33 heavy (non-hydrogen) atoms. The van der Waals surface area contributed by atoms with Gasteiger partial charge in [-0.3, -0.25) is 0 Å². The van der Waals surface area contributed by atoms with Gasteiger partial charge in [0.1, 0.15) is 35.7 Å². The molecule has 182 valence electrons. The van der Waals surface area contributed by atoms with E-state index in [0.29, 0.717) is 0 Å². The summed E-state index contributed by atoms with van der Waals surface area (Å²) in [4.78, 5) is 12.3. The number of ether oxygens (including phenoxy) is 3. The summed E-state index contributed by atoms with van der Waals surface area (Å²) >= 11 is 0. The third-order valence-electron chi connectivity index (χ3n) is 5.42. The second-order valence-corrected chi connectivity index (χ2v) is 7.88. The molecule has 0 aliphatic carbocycles. The molecule has 1 saturated heterocycles. The molecule has 5 atom stereocenters. The van der Waals surface area contributed by atoms with Crippen molar-refractivity contribution in [3.63, 3.8) is 0 Å². The zero-order valence-electron chi connectivity index (χ0n) is 18.3. The normalized spacial score (nSPS) is 25.5. The van der Waals surface area contributed by atoms with Crippen LogP contribution in [0.3, 0.4) is 0 Å². The second-order valence-electron chi connectivity index (χ2n) is 7.88. The first kappa shape index (κ1) is 25.0. The average Bonchev–Trinajstić information content (AvgIpc) is 2.80. The van der Waals surface area contributed by atoms with E-state index in [4.69, 9.17) is 18.6 Å². The van der Waals surface area contributed by atoms with E-state index in [9.17, 15) is 30.3 Å². The number of aliphatic hydroxyl groups excluding tert-OH is 4. The lowest BCUT2D eigenvalue weighted by atomic mass is 9.99. The second kappa shape index (κ2) is 11.5. The van der Waals surface area contributed by atoms with Gasteiger partial charge in [-0.15, -0.1) is 0 Å². The van der Waals surface area contributed by atoms with Gasteiger partial charge in [0.05, 0.1) is 18.3 Å². The number of rotatable bonds is 10. The lowest BCUT2D eigenvalue weighted by Crippen LogP contribution is -2.60. The molecule has 2 heterocycles. The van der Waals surface area contributed by atoms with Crippen LogP contribution in [0.2, 0.25) is 0 Å². The molecule has 0 radical (unpaired) electrons. The molecule has 0 unspecified atom stereocenters. The maximum atomic E-state index is 12.3. The lowest BCUT2D eigenvalue weighted by molar-refractivity contribution is -0.277. The van der Waals surface area contributed by atoms with Crippen LogP contribution in [0, 0.1) is 0 Å². The molecule has 0 bridgehead atoms. The summed E-state index contributed by atoms with van der Waals surface area (Å²) in [5, 5.41) is 49.8. The van der Waals surface area contributed by atoms with Crippen molar-refractivity contribution in [2.24, 2.45) is 0 Å². The van der Waals surface area contributed by atoms with Gasteiger partial charge in [-0.25, -0.2) is 4.79 Å². The van der Waals surface area contributed by atoms with Gasteiger partial charge in [-0.2, -0.15) is 0 Å². The molecule has 0 spiro atoms. The quantitative estimate of drug-likeness (QED) is 0.197. The van der Waals surface area contributed by atoms with E-state index in [1.54, 1.807) is 6.08 Å². The molecule has 1 aromatic carbocycles. The van der Waals surface area contributed by atoms with Crippen LogP contribution in [0.4, 0.5) is 0 Å². The Morgan fingerprint density at radius 3 is 2.61 bits per heavy atom. The highest BCUT2D eigenvalue weighted by Gasteiger charge is 2.44. The maximum absolute atomic E-state index is 12.3. The SMILES string of the molecule is CCCCCCC=COc1c(O)c2ccc(O[C@@H]3O[C@H](CO)[C@@H](O)[C@H](O)[C@H]3O)cc2oc1=O. The van der Waals surface area contributed by atoms with Crippen LogP contribution in [-0.4, -0.2) is 62.8 Å². The van der Waals surface area contributed by atoms with Crippen molar-refractivity contribution in [2.45, 2.75) is 69.7 Å². The van der Waals surface area contributed by atoms with Crippen LogP contribution >= 0.6 is 0 Å². The number of unbranched alkanes of at least 4 members (excludes halogenated alkanes) is 4. The Kier molecular flexibility index (Phi) is 8.70. The largest absolute Gasteiger partial charge is 0.504 e. The number of aliphatic hydroxyl groups is 4. The molecule has 2 aromatic rings. The predicted octanol–water partition coefficient (Wildman–Crippen LogP) is 1.54. The third kappa shape index (κ3) is 5.84. The number of aromatic hydroxyl groups is 1. The number of benzene rings is 1. The van der Waals surface area contributed by atoms with Crippen molar-refractivity contribution in [3.8, 4) is 17.2 Å². The summed E-state index contributed by atoms with van der Waals surface area (Å²) in [6, 6.07) is 4.15. The highest BCUT2D eigenvalue weighted by Crippen LogP contribution is 2.34. The fraction of sp³-hybridized carbons (Fsp3) is 0.522. The number of hydrogen-bond donors (Lipinski definition) is 5. The minimum absolute atomic E-state index is 0.00418. The van der Waals surface area contributed by atoms with Crippen molar-refractivity contribution >= 4 is 11.0 Å². The molecule has 1 aliphatic heterocycles. The lowest BCUT2D eigenvalue weighted by Gasteiger charge is -2.39. The Labute approximate surface area is 190 Å². The van der Waals surface area contributed by atoms with Gasteiger partial charge in [0.25, 0.3) is 5.75 Å². The molecule has 10 nitrogen and oxygen atoms in total. The molecule has 1 aliphatic rings. The fourth-order valence-corrected chi connectivity index (χ4v) is 3.50. The summed E-state index contributed by atoms with van der Waals surface area (Å²) in [6.07, 6.45) is 1.09. The molecular formula is C23H30O10. The number of hydrogen-bond acceptors (Lipinski definition) is 10. The summed E-state index contributed by atoms with van der Waals surface area (Å²) in [5.41, 5.74) is -0.892. The zero-order valence-corrected chi connectivity index (χ0v) is 18.3. The molecule has 1 aromatic heterocycles. The van der Waals surface area contributed by atoms with Gasteiger partial charge in [0.15, 0.2) is 5.75 Å². The van der Waals surface area contributed by atoms with E-state index < -0.39 is 48.7 Å². The van der Waals surface area contributed by atoms with Crippen LogP contribution in [0.1, 0.15) is 39.0 Å². The first-order valence-electron chi connectivity index (χ1n) is 11.0. The van der Waals surface area contributed by atoms with Crippen molar-refractivity contribution in [2.75, 3.05) is 6.61 Å². The van der Waals surface area contributed by atoms with Gasteiger partial charge in [-0.1, -0.05) is 26.2 Å². The van der Waals surface area contributed by atoms with Gasteiger partial charge in [0.2, 0.25) is 6.29 Å². The molecule has 1 fully saturated rings. The standard InChI is InChI=1S/C23H30O10/c1-2-3-4-5-6-7-10-30-21-17(25)14-9-8-13(11-15(14)32-22(21)29)31-23-20(28)19(27)18(26)16(12-24)33-23/h7-11,16,18-20,23-28H,2-6,12H2,1H3/t16-,18-,19+,20-,23-/m1/s1. The zero-order chi connectivity index (χ0) is 24.0. The number of fused-ring (bicyclic) bond motifs is 1. The van der Waals surface area contributed by atoms with Crippen molar-refractivity contribution in [1.29, 1.82) is 0 Å². The fourth-order valence-electron chi connectivity index (χ4n) is 3.50. The van der Waals surface area contributed by atoms with Crippen LogP contribution in [0.25, 0.3) is 11.0 Å². The van der Waals surface area contributed by atoms with E-state index >= 15 is 0 Å². The highest BCUT2D eigenvalue weighted by atomic mass is 16.7. The Morgan fingerprint density at radius 2 is 1.88 bits per heavy atom. The minimum atomic E-state index is -1.59. The molecule has 0 amide bonds. The summed E-state index contributed by atoms with van der Waals surface area (Å²) in [6.45, 7) is 1.53. The Balaban J connectivity index is 1.73. The van der Waals surface area contributed by atoms with Crippen molar-refractivity contribution in [1.82, 2.24) is 0 Å². The Morgan fingerprint density at radius 1 is 1.09 bits per heavy atom. The first-order valence-corrected chi connectivity index (χ1v) is 11.0. The molecule has 3 rings (SSSR count). The molecular weight excluding hydrogens is 436 g/mol. The van der Waals surface area contributed by atoms with E-state index in [0.717, 1.165) is 32.1 Å². The predicted molar refractivity (Wildman–Crippen MR) is 117 cm³/mol. The summed E-state index contributed by atoms with van der Waals surface area (Å²) in [7, 11) is 0. The van der Waals surface area contributed by atoms with Gasteiger partial charge in [0, 0.05) is 6.07 Å². The van der Waals surface area contributed by atoms with Crippen LogP contribution < -0.4 is 15.1 Å². The molecule has 10 heteroatoms. The molecule has 5 N–H and O–H groups in total. The van der Waals surface area contributed by atoms with Gasteiger partial charge < -0.3 is 44.2 Å². The van der Waals surface area contributed by atoms with E-state index in [-0.39, 0.29) is 22.5 Å².